The number of ether oxygens (including phenoxy) is 2. The monoisotopic (exact) mass is 319 g/mol. The molecule has 1 N–H and O–H groups in total. The van der Waals surface area contributed by atoms with Gasteiger partial charge in [0.05, 0.1) is 6.61 Å². The zero-order valence-electron chi connectivity index (χ0n) is 12.4. The van der Waals surface area contributed by atoms with Crippen LogP contribution in [0.25, 0.3) is 0 Å². The highest BCUT2D eigenvalue weighted by molar-refractivity contribution is 5.47. The Balaban J connectivity index is 2.03. The van der Waals surface area contributed by atoms with E-state index < -0.39 is 17.9 Å². The second kappa shape index (κ2) is 7.19. The molecule has 0 spiro atoms. The molecule has 1 heterocycles. The maximum atomic E-state index is 12.3. The standard InChI is InChI=1S/C15H20F3NO3/c1-21-10-9-19-7-5-11(6-8-19)12-3-2-4-13(14(12)20)22-15(16,17)18/h2-4,11,20H,5-10H2,1H3. The second-order valence-electron chi connectivity index (χ2n) is 5.35. The van der Waals surface area contributed by atoms with Crippen molar-refractivity contribution in [1.29, 1.82) is 0 Å². The van der Waals surface area contributed by atoms with E-state index in [9.17, 15) is 18.3 Å². The van der Waals surface area contributed by atoms with Crippen molar-refractivity contribution in [2.45, 2.75) is 25.1 Å². The highest BCUT2D eigenvalue weighted by atomic mass is 19.4. The number of rotatable bonds is 5. The summed E-state index contributed by atoms with van der Waals surface area (Å²) in [5.74, 6) is -0.905. The molecule has 1 fully saturated rings. The molecular weight excluding hydrogens is 299 g/mol. The number of hydrogen-bond acceptors (Lipinski definition) is 4. The van der Waals surface area contributed by atoms with Gasteiger partial charge >= 0.3 is 6.36 Å². The van der Waals surface area contributed by atoms with Crippen LogP contribution in [-0.2, 0) is 4.74 Å². The largest absolute Gasteiger partial charge is 0.573 e. The number of benzene rings is 1. The molecular formula is C15H20F3NO3. The van der Waals surface area contributed by atoms with Crippen LogP contribution >= 0.6 is 0 Å². The molecule has 0 aromatic heterocycles. The van der Waals surface area contributed by atoms with Gasteiger partial charge in [-0.1, -0.05) is 12.1 Å². The Labute approximate surface area is 127 Å². The summed E-state index contributed by atoms with van der Waals surface area (Å²) < 4.78 is 45.8. The Morgan fingerprint density at radius 3 is 2.55 bits per heavy atom. The van der Waals surface area contributed by atoms with Gasteiger partial charge in [0.25, 0.3) is 0 Å². The number of likely N-dealkylation sites (tertiary alicyclic amines) is 1. The van der Waals surface area contributed by atoms with Crippen molar-refractivity contribution in [2.24, 2.45) is 0 Å². The summed E-state index contributed by atoms with van der Waals surface area (Å²) in [5.41, 5.74) is 0.521. The topological polar surface area (TPSA) is 41.9 Å². The Bertz CT molecular complexity index is 485. The highest BCUT2D eigenvalue weighted by Gasteiger charge is 2.33. The molecule has 0 atom stereocenters. The number of piperidine rings is 1. The summed E-state index contributed by atoms with van der Waals surface area (Å²) in [6.07, 6.45) is -3.24. The van der Waals surface area contributed by atoms with Gasteiger partial charge in [0.15, 0.2) is 11.5 Å². The van der Waals surface area contributed by atoms with Crippen molar-refractivity contribution in [3.05, 3.63) is 23.8 Å². The fourth-order valence-corrected chi connectivity index (χ4v) is 2.76. The third-order valence-corrected chi connectivity index (χ3v) is 3.89. The Morgan fingerprint density at radius 2 is 1.95 bits per heavy atom. The lowest BCUT2D eigenvalue weighted by Crippen LogP contribution is -2.35. The first-order valence-electron chi connectivity index (χ1n) is 7.19. The lowest BCUT2D eigenvalue weighted by Gasteiger charge is -2.32. The average Bonchev–Trinajstić information content (AvgIpc) is 2.47. The number of para-hydroxylation sites is 1. The first kappa shape index (κ1) is 16.9. The number of phenols is 1. The summed E-state index contributed by atoms with van der Waals surface area (Å²) in [7, 11) is 1.65. The number of hydrogen-bond donors (Lipinski definition) is 1. The van der Waals surface area contributed by atoms with Crippen LogP contribution in [0.3, 0.4) is 0 Å². The van der Waals surface area contributed by atoms with Crippen LogP contribution in [-0.4, -0.2) is 49.7 Å². The fourth-order valence-electron chi connectivity index (χ4n) is 2.76. The molecule has 0 unspecified atom stereocenters. The van der Waals surface area contributed by atoms with Crippen molar-refractivity contribution in [1.82, 2.24) is 4.90 Å². The molecule has 0 saturated carbocycles. The van der Waals surface area contributed by atoms with E-state index in [4.69, 9.17) is 4.74 Å². The quantitative estimate of drug-likeness (QED) is 0.905. The van der Waals surface area contributed by atoms with E-state index in [-0.39, 0.29) is 5.92 Å². The normalized spacial score (nSPS) is 17.6. The molecule has 1 aromatic carbocycles. The molecule has 1 aliphatic rings. The molecule has 0 bridgehead atoms. The van der Waals surface area contributed by atoms with Crippen molar-refractivity contribution >= 4 is 0 Å². The number of phenolic OH excluding ortho intramolecular Hbond substituents is 1. The van der Waals surface area contributed by atoms with Crippen molar-refractivity contribution in [2.75, 3.05) is 33.4 Å². The fraction of sp³-hybridized carbons (Fsp3) is 0.600. The summed E-state index contributed by atoms with van der Waals surface area (Å²) in [4.78, 5) is 2.24. The van der Waals surface area contributed by atoms with Crippen LogP contribution in [0.2, 0.25) is 0 Å². The minimum atomic E-state index is -4.81. The Hall–Kier alpha value is -1.47. The van der Waals surface area contributed by atoms with Crippen LogP contribution < -0.4 is 4.74 Å². The maximum absolute atomic E-state index is 12.3. The summed E-state index contributed by atoms with van der Waals surface area (Å²) >= 11 is 0. The van der Waals surface area contributed by atoms with Crippen LogP contribution in [0.1, 0.15) is 24.3 Å². The van der Waals surface area contributed by atoms with Crippen molar-refractivity contribution < 1.29 is 27.8 Å². The van der Waals surface area contributed by atoms with E-state index in [0.29, 0.717) is 12.2 Å². The first-order chi connectivity index (χ1) is 10.4. The minimum absolute atomic E-state index is 0.0376. The molecule has 7 heteroatoms. The highest BCUT2D eigenvalue weighted by Crippen LogP contribution is 2.40. The smallest absolute Gasteiger partial charge is 0.504 e. The molecule has 1 aliphatic heterocycles. The molecule has 2 rings (SSSR count). The van der Waals surface area contributed by atoms with Crippen LogP contribution in [0.4, 0.5) is 13.2 Å². The molecule has 1 aromatic rings. The molecule has 0 radical (unpaired) electrons. The van der Waals surface area contributed by atoms with Gasteiger partial charge in [0.1, 0.15) is 0 Å². The molecule has 4 nitrogen and oxygen atoms in total. The number of methoxy groups -OCH3 is 1. The number of halogens is 3. The third-order valence-electron chi connectivity index (χ3n) is 3.89. The summed E-state index contributed by atoms with van der Waals surface area (Å²) in [5, 5.41) is 10.1. The van der Waals surface area contributed by atoms with Gasteiger partial charge in [0.2, 0.25) is 0 Å². The van der Waals surface area contributed by atoms with E-state index in [1.807, 2.05) is 0 Å². The van der Waals surface area contributed by atoms with Crippen LogP contribution in [0.15, 0.2) is 18.2 Å². The second-order valence-corrected chi connectivity index (χ2v) is 5.35. The van der Waals surface area contributed by atoms with Gasteiger partial charge in [-0.25, -0.2) is 0 Å². The van der Waals surface area contributed by atoms with Crippen LogP contribution in [0.5, 0.6) is 11.5 Å². The van der Waals surface area contributed by atoms with Gasteiger partial charge < -0.3 is 19.5 Å². The lowest BCUT2D eigenvalue weighted by atomic mass is 9.88. The van der Waals surface area contributed by atoms with E-state index >= 15 is 0 Å². The van der Waals surface area contributed by atoms with E-state index in [0.717, 1.165) is 38.5 Å². The van der Waals surface area contributed by atoms with Gasteiger partial charge in [-0.05, 0) is 37.9 Å². The lowest BCUT2D eigenvalue weighted by molar-refractivity contribution is -0.275. The van der Waals surface area contributed by atoms with E-state index in [2.05, 4.69) is 9.64 Å². The van der Waals surface area contributed by atoms with E-state index in [1.54, 1.807) is 13.2 Å². The first-order valence-corrected chi connectivity index (χ1v) is 7.19. The maximum Gasteiger partial charge on any atom is 0.573 e. The minimum Gasteiger partial charge on any atom is -0.504 e. The predicted molar refractivity (Wildman–Crippen MR) is 75.1 cm³/mol. The van der Waals surface area contributed by atoms with Crippen molar-refractivity contribution in [3.8, 4) is 11.5 Å². The molecule has 0 amide bonds. The Morgan fingerprint density at radius 1 is 1.27 bits per heavy atom. The third kappa shape index (κ3) is 4.51. The Kier molecular flexibility index (Phi) is 5.52. The molecule has 1 saturated heterocycles. The molecule has 22 heavy (non-hydrogen) atoms. The number of nitrogens with zero attached hydrogens (tertiary/aromatic N) is 1. The van der Waals surface area contributed by atoms with Gasteiger partial charge in [0, 0.05) is 19.2 Å². The summed E-state index contributed by atoms with van der Waals surface area (Å²) in [6, 6.07) is 4.27. The number of aromatic hydroxyl groups is 1. The van der Waals surface area contributed by atoms with Crippen LogP contribution in [0, 0.1) is 0 Å². The summed E-state index contributed by atoms with van der Waals surface area (Å²) in [6.45, 7) is 3.16. The van der Waals surface area contributed by atoms with Gasteiger partial charge in [-0.3, -0.25) is 0 Å². The average molecular weight is 319 g/mol. The predicted octanol–water partition coefficient (Wildman–Crippen LogP) is 3.12. The van der Waals surface area contributed by atoms with E-state index in [1.165, 1.54) is 6.07 Å². The van der Waals surface area contributed by atoms with Crippen molar-refractivity contribution in [3.63, 3.8) is 0 Å². The SMILES string of the molecule is COCCN1CCC(c2cccc(OC(F)(F)F)c2O)CC1. The molecule has 124 valence electrons. The zero-order valence-corrected chi connectivity index (χ0v) is 12.4. The molecule has 0 aliphatic carbocycles. The zero-order chi connectivity index (χ0) is 16.2. The van der Waals surface area contributed by atoms with Gasteiger partial charge in [-0.15, -0.1) is 13.2 Å². The van der Waals surface area contributed by atoms with Gasteiger partial charge in [-0.2, -0.15) is 0 Å². The number of alkyl halides is 3.